The molecule has 4 nitrogen and oxygen atoms in total. The molecule has 1 atom stereocenters. The minimum atomic E-state index is -0.251. The van der Waals surface area contributed by atoms with Crippen LogP contribution in [0.2, 0.25) is 0 Å². The second-order valence-electron chi connectivity index (χ2n) is 8.35. The number of hydrogen-bond donors (Lipinski definition) is 1. The number of aliphatic hydroxyl groups excluding tert-OH is 1. The zero-order valence-corrected chi connectivity index (χ0v) is 18.0. The predicted molar refractivity (Wildman–Crippen MR) is 122 cm³/mol. The van der Waals surface area contributed by atoms with Crippen molar-refractivity contribution in [2.24, 2.45) is 5.92 Å². The molecule has 1 aliphatic heterocycles. The summed E-state index contributed by atoms with van der Waals surface area (Å²) in [6, 6.07) is 10.6. The molecule has 0 bridgehead atoms. The molecule has 0 saturated carbocycles. The molecule has 1 N–H and O–H groups in total. The van der Waals surface area contributed by atoms with E-state index in [-0.39, 0.29) is 12.4 Å². The maximum atomic E-state index is 13.6. The number of allylic oxidation sites excluding steroid dienone is 3. The molecule has 1 fully saturated rings. The number of ether oxygens (including phenoxy) is 1. The Morgan fingerprint density at radius 2 is 1.77 bits per heavy atom. The number of hydrogen-bond acceptors (Lipinski definition) is 4. The fourth-order valence-electron chi connectivity index (χ4n) is 4.61. The Hall–Kier alpha value is -2.34. The summed E-state index contributed by atoms with van der Waals surface area (Å²) in [5, 5.41) is 10.2. The highest BCUT2D eigenvalue weighted by Gasteiger charge is 2.22. The van der Waals surface area contributed by atoms with Crippen LogP contribution in [0, 0.1) is 11.7 Å². The van der Waals surface area contributed by atoms with Crippen LogP contribution in [-0.2, 0) is 4.74 Å². The number of nitrogens with zero attached hydrogens (tertiary/aromatic N) is 2. The van der Waals surface area contributed by atoms with Crippen molar-refractivity contribution in [3.8, 4) is 0 Å². The first-order chi connectivity index (χ1) is 15.2. The highest BCUT2D eigenvalue weighted by Crippen LogP contribution is 2.40. The van der Waals surface area contributed by atoms with E-state index in [4.69, 9.17) is 4.74 Å². The van der Waals surface area contributed by atoms with Crippen molar-refractivity contribution in [1.82, 2.24) is 9.88 Å². The second kappa shape index (κ2) is 10.8. The van der Waals surface area contributed by atoms with E-state index in [0.717, 1.165) is 86.4 Å². The van der Waals surface area contributed by atoms with Crippen molar-refractivity contribution in [3.05, 3.63) is 77.4 Å². The molecule has 0 radical (unpaired) electrons. The molecule has 0 amide bonds. The largest absolute Gasteiger partial charge is 0.392 e. The first-order valence-electron chi connectivity index (χ1n) is 11.3. The van der Waals surface area contributed by atoms with Gasteiger partial charge in [-0.15, -0.1) is 0 Å². The van der Waals surface area contributed by atoms with Crippen LogP contribution in [0.25, 0.3) is 11.1 Å². The summed E-state index contributed by atoms with van der Waals surface area (Å²) in [5.74, 6) is 0.183. The van der Waals surface area contributed by atoms with E-state index in [2.05, 4.69) is 16.0 Å². The minimum Gasteiger partial charge on any atom is -0.392 e. The van der Waals surface area contributed by atoms with Gasteiger partial charge in [0, 0.05) is 25.5 Å². The molecule has 4 rings (SSSR count). The summed E-state index contributed by atoms with van der Waals surface area (Å²) in [5.41, 5.74) is 5.20. The molecular weight excluding hydrogens is 391 g/mol. The van der Waals surface area contributed by atoms with E-state index >= 15 is 0 Å². The highest BCUT2D eigenvalue weighted by atomic mass is 19.1. The lowest BCUT2D eigenvalue weighted by Crippen LogP contribution is -2.36. The lowest BCUT2D eigenvalue weighted by Gasteiger charge is -2.27. The van der Waals surface area contributed by atoms with Crippen LogP contribution < -0.4 is 0 Å². The number of morpholine rings is 1. The van der Waals surface area contributed by atoms with Crippen molar-refractivity contribution in [3.63, 3.8) is 0 Å². The standard InChI is InChI=1S/C26H31FN2O2/c27-24-7-5-22(6-8-24)26-23(19-30)4-3-20(2-1-13-29-14-16-31-17-15-29)18-25(26)21-9-11-28-12-10-21/h5-12,18,20,30H,1-4,13-17,19H2. The molecule has 0 spiro atoms. The fourth-order valence-corrected chi connectivity index (χ4v) is 4.61. The smallest absolute Gasteiger partial charge is 0.123 e. The summed E-state index contributed by atoms with van der Waals surface area (Å²) < 4.78 is 19.0. The van der Waals surface area contributed by atoms with Gasteiger partial charge in [0.15, 0.2) is 0 Å². The molecule has 2 aliphatic rings. The van der Waals surface area contributed by atoms with Gasteiger partial charge in [0.25, 0.3) is 0 Å². The molecule has 1 aromatic heterocycles. The second-order valence-corrected chi connectivity index (χ2v) is 8.35. The van der Waals surface area contributed by atoms with Crippen LogP contribution in [-0.4, -0.2) is 54.4 Å². The van der Waals surface area contributed by atoms with Gasteiger partial charge >= 0.3 is 0 Å². The summed E-state index contributed by atoms with van der Waals surface area (Å²) in [7, 11) is 0. The van der Waals surface area contributed by atoms with Gasteiger partial charge in [0.2, 0.25) is 0 Å². The Morgan fingerprint density at radius 3 is 2.48 bits per heavy atom. The number of rotatable bonds is 7. The minimum absolute atomic E-state index is 0.00955. The molecule has 2 aromatic rings. The van der Waals surface area contributed by atoms with Crippen molar-refractivity contribution in [2.75, 3.05) is 39.5 Å². The lowest BCUT2D eigenvalue weighted by molar-refractivity contribution is 0.0368. The van der Waals surface area contributed by atoms with Crippen molar-refractivity contribution in [1.29, 1.82) is 0 Å². The Labute approximate surface area is 184 Å². The van der Waals surface area contributed by atoms with Gasteiger partial charge in [-0.2, -0.15) is 0 Å². The van der Waals surface area contributed by atoms with Crippen LogP contribution in [0.15, 0.2) is 60.4 Å². The molecule has 1 saturated heterocycles. The summed E-state index contributed by atoms with van der Waals surface area (Å²) in [6.07, 6.45) is 10.1. The Balaban J connectivity index is 1.61. The molecule has 164 valence electrons. The Bertz CT molecular complexity index is 903. The van der Waals surface area contributed by atoms with Crippen molar-refractivity contribution >= 4 is 11.1 Å². The van der Waals surface area contributed by atoms with Crippen molar-refractivity contribution in [2.45, 2.75) is 25.7 Å². The number of aromatic nitrogens is 1. The topological polar surface area (TPSA) is 45.6 Å². The third-order valence-electron chi connectivity index (χ3n) is 6.31. The van der Waals surface area contributed by atoms with Gasteiger partial charge in [0.05, 0.1) is 19.8 Å². The van der Waals surface area contributed by atoms with E-state index in [0.29, 0.717) is 5.92 Å². The Morgan fingerprint density at radius 1 is 1.03 bits per heavy atom. The van der Waals surface area contributed by atoms with Gasteiger partial charge in [0.1, 0.15) is 5.82 Å². The number of halogens is 1. The number of aliphatic hydroxyl groups is 1. The van der Waals surface area contributed by atoms with Gasteiger partial charge in [-0.3, -0.25) is 9.88 Å². The fraction of sp³-hybridized carbons (Fsp3) is 0.423. The predicted octanol–water partition coefficient (Wildman–Crippen LogP) is 4.57. The maximum Gasteiger partial charge on any atom is 0.123 e. The lowest BCUT2D eigenvalue weighted by atomic mass is 9.88. The van der Waals surface area contributed by atoms with Crippen LogP contribution in [0.4, 0.5) is 4.39 Å². The molecule has 1 aliphatic carbocycles. The molecule has 2 heterocycles. The average molecular weight is 423 g/mol. The van der Waals surface area contributed by atoms with E-state index < -0.39 is 0 Å². The Kier molecular flexibility index (Phi) is 7.62. The SMILES string of the molecule is OCC1=C(c2ccc(F)cc2)C(c2ccncc2)=CC(CCCN2CCOCC2)CC1. The quantitative estimate of drug-likeness (QED) is 0.710. The van der Waals surface area contributed by atoms with Crippen LogP contribution in [0.3, 0.4) is 0 Å². The third kappa shape index (κ3) is 5.67. The summed E-state index contributed by atoms with van der Waals surface area (Å²) >= 11 is 0. The first kappa shape index (κ1) is 21.9. The van der Waals surface area contributed by atoms with Crippen LogP contribution in [0.1, 0.15) is 36.8 Å². The molecular formula is C26H31FN2O2. The normalized spacial score (nSPS) is 20.5. The number of pyridine rings is 1. The van der Waals surface area contributed by atoms with Crippen molar-refractivity contribution < 1.29 is 14.2 Å². The average Bonchev–Trinajstić information content (AvgIpc) is 3.00. The molecule has 31 heavy (non-hydrogen) atoms. The zero-order valence-electron chi connectivity index (χ0n) is 18.0. The van der Waals surface area contributed by atoms with Gasteiger partial charge < -0.3 is 9.84 Å². The third-order valence-corrected chi connectivity index (χ3v) is 6.31. The molecule has 1 aromatic carbocycles. The maximum absolute atomic E-state index is 13.6. The van der Waals surface area contributed by atoms with E-state index in [1.807, 2.05) is 24.3 Å². The van der Waals surface area contributed by atoms with Crippen LogP contribution >= 0.6 is 0 Å². The monoisotopic (exact) mass is 422 g/mol. The van der Waals surface area contributed by atoms with Gasteiger partial charge in [-0.25, -0.2) is 4.39 Å². The van der Waals surface area contributed by atoms with Crippen LogP contribution in [0.5, 0.6) is 0 Å². The van der Waals surface area contributed by atoms with E-state index in [9.17, 15) is 9.50 Å². The van der Waals surface area contributed by atoms with Gasteiger partial charge in [-0.1, -0.05) is 18.2 Å². The van der Waals surface area contributed by atoms with E-state index in [1.54, 1.807) is 12.4 Å². The highest BCUT2D eigenvalue weighted by molar-refractivity contribution is 6.06. The zero-order chi connectivity index (χ0) is 21.5. The summed E-state index contributed by atoms with van der Waals surface area (Å²) in [4.78, 5) is 6.66. The summed E-state index contributed by atoms with van der Waals surface area (Å²) in [6.45, 7) is 4.82. The molecule has 1 unspecified atom stereocenters. The first-order valence-corrected chi connectivity index (χ1v) is 11.3. The number of benzene rings is 1. The van der Waals surface area contributed by atoms with Gasteiger partial charge in [-0.05, 0) is 90.3 Å². The molecule has 5 heteroatoms. The van der Waals surface area contributed by atoms with E-state index in [1.165, 1.54) is 12.1 Å².